The Bertz CT molecular complexity index is 432. The highest BCUT2D eigenvalue weighted by Gasteiger charge is 1.98. The second-order valence-electron chi connectivity index (χ2n) is 2.60. The summed E-state index contributed by atoms with van der Waals surface area (Å²) >= 11 is 0. The normalized spacial score (nSPS) is 14.3. The van der Waals surface area contributed by atoms with Crippen LogP contribution in [0.1, 0.15) is 0 Å². The van der Waals surface area contributed by atoms with Crippen molar-refractivity contribution in [3.8, 4) is 5.75 Å². The van der Waals surface area contributed by atoms with E-state index in [1.165, 1.54) is 6.20 Å². The molecule has 0 spiro atoms. The standard InChI is InChI=1S/C10H8N2O/c13-10-7-11-12(8-10)9-5-3-1-2-4-6-9/h1-3,5-8,13H. The highest BCUT2D eigenvalue weighted by Crippen LogP contribution is 2.12. The molecule has 1 N–H and O–H groups in total. The zero-order chi connectivity index (χ0) is 9.10. The van der Waals surface area contributed by atoms with E-state index in [1.54, 1.807) is 17.0 Å². The third kappa shape index (κ3) is 1.60. The predicted octanol–water partition coefficient (Wildman–Crippen LogP) is 1.71. The first-order chi connectivity index (χ1) is 6.36. The molecule has 0 fully saturated rings. The number of rotatable bonds is 1. The molecule has 0 atom stereocenters. The lowest BCUT2D eigenvalue weighted by molar-refractivity contribution is 0.475. The van der Waals surface area contributed by atoms with Crippen molar-refractivity contribution in [2.75, 3.05) is 0 Å². The first-order valence-corrected chi connectivity index (χ1v) is 3.90. The molecule has 1 aliphatic rings. The quantitative estimate of drug-likeness (QED) is 0.655. The van der Waals surface area contributed by atoms with Gasteiger partial charge in [-0.15, -0.1) is 5.73 Å². The second-order valence-corrected chi connectivity index (χ2v) is 2.60. The number of nitrogens with zero attached hydrogens (tertiary/aromatic N) is 2. The molecule has 1 aliphatic carbocycles. The van der Waals surface area contributed by atoms with E-state index in [4.69, 9.17) is 5.11 Å². The Morgan fingerprint density at radius 3 is 3.08 bits per heavy atom. The van der Waals surface area contributed by atoms with Crippen LogP contribution in [0.3, 0.4) is 0 Å². The number of hydrogen-bond donors (Lipinski definition) is 1. The van der Waals surface area contributed by atoms with E-state index in [-0.39, 0.29) is 5.75 Å². The van der Waals surface area contributed by atoms with E-state index in [0.29, 0.717) is 0 Å². The molecular weight excluding hydrogens is 164 g/mol. The second kappa shape index (κ2) is 3.17. The van der Waals surface area contributed by atoms with Gasteiger partial charge in [-0.25, -0.2) is 4.68 Å². The molecule has 0 amide bonds. The zero-order valence-corrected chi connectivity index (χ0v) is 6.88. The Kier molecular flexibility index (Phi) is 1.87. The van der Waals surface area contributed by atoms with Gasteiger partial charge < -0.3 is 5.11 Å². The van der Waals surface area contributed by atoms with Gasteiger partial charge in [0, 0.05) is 6.08 Å². The molecule has 0 bridgehead atoms. The molecule has 3 heteroatoms. The lowest BCUT2D eigenvalue weighted by atomic mass is 10.4. The highest BCUT2D eigenvalue weighted by atomic mass is 16.3. The fourth-order valence-corrected chi connectivity index (χ4v) is 1.04. The van der Waals surface area contributed by atoms with Gasteiger partial charge in [0.2, 0.25) is 0 Å². The van der Waals surface area contributed by atoms with Crippen molar-refractivity contribution >= 4 is 5.70 Å². The minimum atomic E-state index is 0.159. The van der Waals surface area contributed by atoms with Crippen LogP contribution in [-0.2, 0) is 0 Å². The summed E-state index contributed by atoms with van der Waals surface area (Å²) in [7, 11) is 0. The Morgan fingerprint density at radius 1 is 1.38 bits per heavy atom. The molecule has 0 aliphatic heterocycles. The summed E-state index contributed by atoms with van der Waals surface area (Å²) in [6.45, 7) is 0. The van der Waals surface area contributed by atoms with Crippen molar-refractivity contribution < 1.29 is 5.11 Å². The summed E-state index contributed by atoms with van der Waals surface area (Å²) in [5.41, 5.74) is 3.82. The minimum absolute atomic E-state index is 0.159. The molecule has 3 nitrogen and oxygen atoms in total. The topological polar surface area (TPSA) is 38.1 Å². The summed E-state index contributed by atoms with van der Waals surface area (Å²) in [5.74, 6) is 0.159. The van der Waals surface area contributed by atoms with Crippen LogP contribution in [0.15, 0.2) is 48.5 Å². The first kappa shape index (κ1) is 7.65. The van der Waals surface area contributed by atoms with Crippen molar-refractivity contribution in [3.05, 3.63) is 48.5 Å². The van der Waals surface area contributed by atoms with Crippen molar-refractivity contribution in [3.63, 3.8) is 0 Å². The van der Waals surface area contributed by atoms with Gasteiger partial charge in [0.05, 0.1) is 18.1 Å². The summed E-state index contributed by atoms with van der Waals surface area (Å²) in [6, 6.07) is 0. The average Bonchev–Trinajstić information content (AvgIpc) is 2.43. The number of allylic oxidation sites excluding steroid dienone is 5. The van der Waals surface area contributed by atoms with E-state index in [1.807, 2.05) is 24.3 Å². The van der Waals surface area contributed by atoms with Gasteiger partial charge in [0.25, 0.3) is 0 Å². The Labute approximate surface area is 75.6 Å². The summed E-state index contributed by atoms with van der Waals surface area (Å²) in [4.78, 5) is 0. The van der Waals surface area contributed by atoms with Crippen LogP contribution in [0.25, 0.3) is 5.70 Å². The van der Waals surface area contributed by atoms with Crippen LogP contribution in [0.4, 0.5) is 0 Å². The van der Waals surface area contributed by atoms with Crippen LogP contribution in [0.5, 0.6) is 5.75 Å². The molecule has 1 aromatic rings. The van der Waals surface area contributed by atoms with Crippen LogP contribution < -0.4 is 0 Å². The van der Waals surface area contributed by atoms with Crippen LogP contribution in [-0.4, -0.2) is 14.9 Å². The fraction of sp³-hybridized carbons (Fsp3) is 0. The Morgan fingerprint density at radius 2 is 2.31 bits per heavy atom. The number of aromatic hydroxyl groups is 1. The lowest BCUT2D eigenvalue weighted by Crippen LogP contribution is -1.93. The Balaban J connectivity index is 2.41. The lowest BCUT2D eigenvalue weighted by Gasteiger charge is -1.97. The number of aromatic nitrogens is 2. The first-order valence-electron chi connectivity index (χ1n) is 3.90. The largest absolute Gasteiger partial charge is 0.505 e. The van der Waals surface area contributed by atoms with Crippen LogP contribution >= 0.6 is 0 Å². The van der Waals surface area contributed by atoms with Crippen molar-refractivity contribution in [1.82, 2.24) is 9.78 Å². The average molecular weight is 172 g/mol. The summed E-state index contributed by atoms with van der Waals surface area (Å²) in [6.07, 6.45) is 12.2. The molecule has 0 aromatic carbocycles. The van der Waals surface area contributed by atoms with Crippen LogP contribution in [0, 0.1) is 0 Å². The van der Waals surface area contributed by atoms with E-state index in [2.05, 4.69) is 10.8 Å². The van der Waals surface area contributed by atoms with E-state index < -0.39 is 0 Å². The fourth-order valence-electron chi connectivity index (χ4n) is 1.04. The van der Waals surface area contributed by atoms with Crippen LogP contribution in [0.2, 0.25) is 0 Å². The highest BCUT2D eigenvalue weighted by molar-refractivity contribution is 5.59. The van der Waals surface area contributed by atoms with Gasteiger partial charge in [-0.05, 0) is 12.2 Å². The SMILES string of the molecule is Oc1cnn(C2=CC=CC=C=C2)c1. The van der Waals surface area contributed by atoms with Gasteiger partial charge in [0.15, 0.2) is 5.75 Å². The third-order valence-electron chi connectivity index (χ3n) is 1.64. The zero-order valence-electron chi connectivity index (χ0n) is 6.88. The van der Waals surface area contributed by atoms with E-state index in [0.717, 1.165) is 5.70 Å². The van der Waals surface area contributed by atoms with Gasteiger partial charge >= 0.3 is 0 Å². The summed E-state index contributed by atoms with van der Waals surface area (Å²) in [5, 5.41) is 13.0. The summed E-state index contributed by atoms with van der Waals surface area (Å²) < 4.78 is 1.59. The number of hydrogen-bond acceptors (Lipinski definition) is 2. The monoisotopic (exact) mass is 172 g/mol. The molecule has 2 rings (SSSR count). The molecule has 0 unspecified atom stereocenters. The van der Waals surface area contributed by atoms with Gasteiger partial charge in [0.1, 0.15) is 0 Å². The molecule has 1 aromatic heterocycles. The van der Waals surface area contributed by atoms with Crippen molar-refractivity contribution in [2.45, 2.75) is 0 Å². The molecule has 0 radical (unpaired) electrons. The smallest absolute Gasteiger partial charge is 0.153 e. The molecular formula is C10H8N2O. The van der Waals surface area contributed by atoms with E-state index in [9.17, 15) is 0 Å². The maximum atomic E-state index is 9.08. The van der Waals surface area contributed by atoms with Gasteiger partial charge in [-0.2, -0.15) is 5.10 Å². The molecule has 64 valence electrons. The van der Waals surface area contributed by atoms with Gasteiger partial charge in [-0.1, -0.05) is 12.2 Å². The molecule has 0 saturated carbocycles. The third-order valence-corrected chi connectivity index (χ3v) is 1.64. The van der Waals surface area contributed by atoms with Crippen molar-refractivity contribution in [2.24, 2.45) is 0 Å². The molecule has 0 saturated heterocycles. The van der Waals surface area contributed by atoms with Gasteiger partial charge in [-0.3, -0.25) is 0 Å². The maximum absolute atomic E-state index is 9.08. The molecule has 13 heavy (non-hydrogen) atoms. The Hall–Kier alpha value is -1.99. The maximum Gasteiger partial charge on any atom is 0.153 e. The van der Waals surface area contributed by atoms with E-state index >= 15 is 0 Å². The van der Waals surface area contributed by atoms with Crippen molar-refractivity contribution in [1.29, 1.82) is 0 Å². The predicted molar refractivity (Wildman–Crippen MR) is 50.0 cm³/mol. The molecule has 1 heterocycles. The minimum Gasteiger partial charge on any atom is -0.505 e.